The molecular weight excluding hydrogens is 162 g/mol. The first kappa shape index (κ1) is 7.92. The summed E-state index contributed by atoms with van der Waals surface area (Å²) >= 11 is 0. The molecule has 1 aromatic heterocycles. The normalized spacial score (nSPS) is 10.2. The van der Waals surface area contributed by atoms with Gasteiger partial charge in [-0.3, -0.25) is 0 Å². The standard InChI is InChI=1S/C11H11NO/c1-8-7-9(4-5-10(8)12)11-3-2-6-13-11/h2-7H,12H2,1H3. The van der Waals surface area contributed by atoms with Gasteiger partial charge < -0.3 is 10.2 Å². The fourth-order valence-corrected chi connectivity index (χ4v) is 1.27. The maximum Gasteiger partial charge on any atom is 0.133 e. The molecule has 0 fully saturated rings. The Labute approximate surface area is 77.0 Å². The van der Waals surface area contributed by atoms with E-state index < -0.39 is 0 Å². The number of hydrogen-bond acceptors (Lipinski definition) is 2. The lowest BCUT2D eigenvalue weighted by Gasteiger charge is -2.01. The Kier molecular flexibility index (Phi) is 1.81. The molecule has 1 aromatic carbocycles. The third kappa shape index (κ3) is 1.43. The van der Waals surface area contributed by atoms with Crippen LogP contribution in [-0.2, 0) is 0 Å². The molecule has 1 heterocycles. The predicted molar refractivity (Wildman–Crippen MR) is 53.3 cm³/mol. The molecule has 0 unspecified atom stereocenters. The Hall–Kier alpha value is -1.70. The van der Waals surface area contributed by atoms with E-state index in [0.717, 1.165) is 22.6 Å². The average molecular weight is 173 g/mol. The topological polar surface area (TPSA) is 39.2 Å². The molecule has 66 valence electrons. The molecule has 2 rings (SSSR count). The molecule has 0 atom stereocenters. The summed E-state index contributed by atoms with van der Waals surface area (Å²) in [4.78, 5) is 0. The molecule has 2 heteroatoms. The minimum atomic E-state index is 0.815. The zero-order valence-electron chi connectivity index (χ0n) is 7.45. The highest BCUT2D eigenvalue weighted by atomic mass is 16.3. The molecule has 0 radical (unpaired) electrons. The van der Waals surface area contributed by atoms with Gasteiger partial charge in [-0.25, -0.2) is 0 Å². The van der Waals surface area contributed by atoms with Crippen LogP contribution in [0.25, 0.3) is 11.3 Å². The molecule has 2 aromatic rings. The fourth-order valence-electron chi connectivity index (χ4n) is 1.27. The van der Waals surface area contributed by atoms with Crippen LogP contribution in [0, 0.1) is 6.92 Å². The molecule has 0 amide bonds. The highest BCUT2D eigenvalue weighted by molar-refractivity contribution is 5.63. The molecule has 0 saturated carbocycles. The largest absolute Gasteiger partial charge is 0.464 e. The van der Waals surface area contributed by atoms with Crippen molar-refractivity contribution >= 4 is 5.69 Å². The van der Waals surface area contributed by atoms with Crippen molar-refractivity contribution in [3.63, 3.8) is 0 Å². The van der Waals surface area contributed by atoms with Crippen LogP contribution in [0.2, 0.25) is 0 Å². The number of benzene rings is 1. The van der Waals surface area contributed by atoms with E-state index in [1.165, 1.54) is 0 Å². The lowest BCUT2D eigenvalue weighted by Crippen LogP contribution is -1.88. The van der Waals surface area contributed by atoms with E-state index in [0.29, 0.717) is 0 Å². The van der Waals surface area contributed by atoms with Crippen molar-refractivity contribution < 1.29 is 4.42 Å². The Bertz CT molecular complexity index is 404. The van der Waals surface area contributed by atoms with Crippen molar-refractivity contribution in [1.29, 1.82) is 0 Å². The second-order valence-electron chi connectivity index (χ2n) is 3.05. The number of nitrogen functional groups attached to an aromatic ring is 1. The van der Waals surface area contributed by atoms with Crippen LogP contribution in [0.15, 0.2) is 41.0 Å². The molecule has 0 aliphatic heterocycles. The molecule has 2 N–H and O–H groups in total. The summed E-state index contributed by atoms with van der Waals surface area (Å²) in [5.74, 6) is 0.878. The van der Waals surface area contributed by atoms with E-state index in [4.69, 9.17) is 10.2 Å². The van der Waals surface area contributed by atoms with Gasteiger partial charge in [0.25, 0.3) is 0 Å². The highest BCUT2D eigenvalue weighted by Gasteiger charge is 2.01. The molecule has 0 aliphatic rings. The molecular formula is C11H11NO. The Morgan fingerprint density at radius 3 is 2.69 bits per heavy atom. The van der Waals surface area contributed by atoms with Crippen LogP contribution >= 0.6 is 0 Å². The third-order valence-electron chi connectivity index (χ3n) is 2.08. The first-order chi connectivity index (χ1) is 6.27. The Morgan fingerprint density at radius 2 is 2.08 bits per heavy atom. The van der Waals surface area contributed by atoms with Crippen molar-refractivity contribution in [2.45, 2.75) is 6.92 Å². The van der Waals surface area contributed by atoms with E-state index in [-0.39, 0.29) is 0 Å². The van der Waals surface area contributed by atoms with Crippen LogP contribution < -0.4 is 5.73 Å². The van der Waals surface area contributed by atoms with Gasteiger partial charge in [0.2, 0.25) is 0 Å². The Morgan fingerprint density at radius 1 is 1.23 bits per heavy atom. The van der Waals surface area contributed by atoms with Crippen LogP contribution in [0.5, 0.6) is 0 Å². The molecule has 0 aliphatic carbocycles. The van der Waals surface area contributed by atoms with Crippen LogP contribution in [0.1, 0.15) is 5.56 Å². The van der Waals surface area contributed by atoms with Crippen LogP contribution in [0.4, 0.5) is 5.69 Å². The summed E-state index contributed by atoms with van der Waals surface area (Å²) in [7, 11) is 0. The number of nitrogens with two attached hydrogens (primary N) is 1. The zero-order valence-corrected chi connectivity index (χ0v) is 7.45. The van der Waals surface area contributed by atoms with Crippen molar-refractivity contribution in [3.05, 3.63) is 42.2 Å². The fraction of sp³-hybridized carbons (Fsp3) is 0.0909. The SMILES string of the molecule is Cc1cc(-c2ccco2)ccc1N. The summed E-state index contributed by atoms with van der Waals surface area (Å²) in [5, 5.41) is 0. The number of rotatable bonds is 1. The van der Waals surface area contributed by atoms with Crippen molar-refractivity contribution in [1.82, 2.24) is 0 Å². The van der Waals surface area contributed by atoms with Crippen LogP contribution in [-0.4, -0.2) is 0 Å². The summed E-state index contributed by atoms with van der Waals surface area (Å²) in [5.41, 5.74) is 8.67. The van der Waals surface area contributed by atoms with E-state index in [2.05, 4.69) is 0 Å². The van der Waals surface area contributed by atoms with Gasteiger partial charge in [-0.05, 0) is 42.8 Å². The molecule has 2 nitrogen and oxygen atoms in total. The molecule has 13 heavy (non-hydrogen) atoms. The maximum atomic E-state index is 5.71. The van der Waals surface area contributed by atoms with Gasteiger partial charge in [0, 0.05) is 11.3 Å². The molecule has 0 bridgehead atoms. The van der Waals surface area contributed by atoms with Gasteiger partial charge in [0.15, 0.2) is 0 Å². The Balaban J connectivity index is 2.49. The summed E-state index contributed by atoms with van der Waals surface area (Å²) < 4.78 is 5.27. The van der Waals surface area contributed by atoms with E-state index >= 15 is 0 Å². The minimum Gasteiger partial charge on any atom is -0.464 e. The number of anilines is 1. The number of aryl methyl sites for hydroxylation is 1. The van der Waals surface area contributed by atoms with E-state index in [9.17, 15) is 0 Å². The zero-order chi connectivity index (χ0) is 9.26. The van der Waals surface area contributed by atoms with Crippen molar-refractivity contribution in [2.75, 3.05) is 5.73 Å². The smallest absolute Gasteiger partial charge is 0.133 e. The van der Waals surface area contributed by atoms with Crippen molar-refractivity contribution in [3.8, 4) is 11.3 Å². The van der Waals surface area contributed by atoms with Gasteiger partial charge in [-0.2, -0.15) is 0 Å². The average Bonchev–Trinajstić information content (AvgIpc) is 2.62. The first-order valence-corrected chi connectivity index (χ1v) is 4.17. The highest BCUT2D eigenvalue weighted by Crippen LogP contribution is 2.23. The summed E-state index contributed by atoms with van der Waals surface area (Å²) in [6.07, 6.45) is 1.67. The predicted octanol–water partition coefficient (Wildman–Crippen LogP) is 2.84. The number of hydrogen-bond donors (Lipinski definition) is 1. The monoisotopic (exact) mass is 173 g/mol. The lowest BCUT2D eigenvalue weighted by atomic mass is 10.1. The molecule has 0 saturated heterocycles. The minimum absolute atomic E-state index is 0.815. The van der Waals surface area contributed by atoms with Crippen LogP contribution in [0.3, 0.4) is 0 Å². The summed E-state index contributed by atoms with van der Waals surface area (Å²) in [6.45, 7) is 1.99. The van der Waals surface area contributed by atoms with Crippen molar-refractivity contribution in [2.24, 2.45) is 0 Å². The second kappa shape index (κ2) is 2.98. The van der Waals surface area contributed by atoms with Gasteiger partial charge in [0.1, 0.15) is 5.76 Å². The number of furan rings is 1. The lowest BCUT2D eigenvalue weighted by molar-refractivity contribution is 0.582. The maximum absolute atomic E-state index is 5.71. The van der Waals surface area contributed by atoms with E-state index in [1.807, 2.05) is 37.3 Å². The van der Waals surface area contributed by atoms with Gasteiger partial charge in [-0.15, -0.1) is 0 Å². The third-order valence-corrected chi connectivity index (χ3v) is 2.08. The summed E-state index contributed by atoms with van der Waals surface area (Å²) in [6, 6.07) is 9.69. The van der Waals surface area contributed by atoms with Gasteiger partial charge in [-0.1, -0.05) is 0 Å². The van der Waals surface area contributed by atoms with E-state index in [1.54, 1.807) is 6.26 Å². The van der Waals surface area contributed by atoms with Gasteiger partial charge in [0.05, 0.1) is 6.26 Å². The quantitative estimate of drug-likeness (QED) is 0.673. The molecule has 0 spiro atoms. The second-order valence-corrected chi connectivity index (χ2v) is 3.05. The first-order valence-electron chi connectivity index (χ1n) is 4.17. The van der Waals surface area contributed by atoms with Gasteiger partial charge >= 0.3 is 0 Å².